The predicted octanol–water partition coefficient (Wildman–Crippen LogP) is 5.38. The smallest absolute Gasteiger partial charge is 0.257 e. The first-order valence-corrected chi connectivity index (χ1v) is 12.9. The van der Waals surface area contributed by atoms with Gasteiger partial charge in [-0.05, 0) is 65.7 Å². The number of ether oxygens (including phenoxy) is 1. The molecule has 4 rings (SSSR count). The number of carbonyl (C=O) groups excluding carboxylic acids is 1. The summed E-state index contributed by atoms with van der Waals surface area (Å²) < 4.78 is 31.8. The van der Waals surface area contributed by atoms with E-state index in [1.54, 1.807) is 43.5 Å². The summed E-state index contributed by atoms with van der Waals surface area (Å²) in [5.74, 6) is 0.575. The number of nitrogens with zero attached hydrogens (tertiary/aromatic N) is 1. The summed E-state index contributed by atoms with van der Waals surface area (Å²) in [6, 6.07) is 18.1. The van der Waals surface area contributed by atoms with Crippen LogP contribution in [-0.4, -0.2) is 32.2 Å². The number of hydrogen-bond acceptors (Lipinski definition) is 6. The number of sulfonamides is 1. The maximum absolute atomic E-state index is 12.8. The summed E-state index contributed by atoms with van der Waals surface area (Å²) in [7, 11) is -1.74. The van der Waals surface area contributed by atoms with Crippen molar-refractivity contribution >= 4 is 48.9 Å². The monoisotopic (exact) mass is 481 g/mol. The molecule has 0 bridgehead atoms. The molecule has 0 aliphatic rings. The van der Waals surface area contributed by atoms with Gasteiger partial charge in [0.2, 0.25) is 10.0 Å². The number of rotatable bonds is 8. The Morgan fingerprint density at radius 2 is 1.76 bits per heavy atom. The van der Waals surface area contributed by atoms with Crippen molar-refractivity contribution in [3.05, 3.63) is 71.6 Å². The van der Waals surface area contributed by atoms with Crippen LogP contribution in [0.3, 0.4) is 0 Å². The zero-order valence-corrected chi connectivity index (χ0v) is 19.8. The van der Waals surface area contributed by atoms with Gasteiger partial charge < -0.3 is 4.74 Å². The molecule has 0 aliphatic heterocycles. The molecule has 0 unspecified atom stereocenters. The highest BCUT2D eigenvalue weighted by Crippen LogP contribution is 2.27. The maximum atomic E-state index is 12.8. The van der Waals surface area contributed by atoms with Crippen molar-refractivity contribution in [2.24, 2.45) is 0 Å². The number of aromatic nitrogens is 1. The van der Waals surface area contributed by atoms with E-state index in [-0.39, 0.29) is 11.7 Å². The standard InChI is InChI=1S/C24H23N3O4S2/c1-3-12-33(29,30)27-20-9-6-17-13-19(5-4-18(17)14-20)23(28)26-24-25-22(15-32-24)16-7-10-21(31-2)11-8-16/h4-11,13-15,27H,3,12H2,1-2H3,(H,25,26,28). The highest BCUT2D eigenvalue weighted by molar-refractivity contribution is 7.92. The minimum absolute atomic E-state index is 0.0705. The van der Waals surface area contributed by atoms with Gasteiger partial charge in [-0.25, -0.2) is 13.4 Å². The van der Waals surface area contributed by atoms with E-state index in [2.05, 4.69) is 15.0 Å². The van der Waals surface area contributed by atoms with Gasteiger partial charge in [0.15, 0.2) is 5.13 Å². The minimum Gasteiger partial charge on any atom is -0.497 e. The number of hydrogen-bond donors (Lipinski definition) is 2. The number of anilines is 2. The molecule has 0 radical (unpaired) electrons. The van der Waals surface area contributed by atoms with Crippen LogP contribution in [0.25, 0.3) is 22.0 Å². The Kier molecular flexibility index (Phi) is 6.62. The van der Waals surface area contributed by atoms with Gasteiger partial charge in [0.25, 0.3) is 5.91 Å². The van der Waals surface area contributed by atoms with Gasteiger partial charge in [-0.3, -0.25) is 14.8 Å². The lowest BCUT2D eigenvalue weighted by Crippen LogP contribution is -2.16. The van der Waals surface area contributed by atoms with Crippen LogP contribution in [0.4, 0.5) is 10.8 Å². The third kappa shape index (κ3) is 5.50. The van der Waals surface area contributed by atoms with E-state index >= 15 is 0 Å². The van der Waals surface area contributed by atoms with Crippen LogP contribution in [0.2, 0.25) is 0 Å². The molecule has 170 valence electrons. The first-order valence-electron chi connectivity index (χ1n) is 10.3. The molecule has 1 amide bonds. The van der Waals surface area contributed by atoms with E-state index in [0.717, 1.165) is 27.8 Å². The summed E-state index contributed by atoms with van der Waals surface area (Å²) in [5.41, 5.74) is 2.70. The third-order valence-corrected chi connectivity index (χ3v) is 7.21. The van der Waals surface area contributed by atoms with Crippen LogP contribution in [0.15, 0.2) is 66.0 Å². The summed E-state index contributed by atoms with van der Waals surface area (Å²) in [6.45, 7) is 1.82. The average Bonchev–Trinajstić information content (AvgIpc) is 3.26. The molecule has 0 saturated heterocycles. The third-order valence-electron chi connectivity index (χ3n) is 4.96. The fourth-order valence-electron chi connectivity index (χ4n) is 3.34. The SMILES string of the molecule is CCCS(=O)(=O)Nc1ccc2cc(C(=O)Nc3nc(-c4ccc(OC)cc4)cs3)ccc2c1. The Hall–Kier alpha value is -3.43. The molecule has 0 spiro atoms. The molecule has 1 aromatic heterocycles. The Balaban J connectivity index is 1.48. The molecule has 33 heavy (non-hydrogen) atoms. The van der Waals surface area contributed by atoms with Crippen molar-refractivity contribution in [1.82, 2.24) is 4.98 Å². The predicted molar refractivity (Wildman–Crippen MR) is 134 cm³/mol. The molecule has 1 heterocycles. The second-order valence-electron chi connectivity index (χ2n) is 7.42. The number of nitrogens with one attached hydrogen (secondary N) is 2. The Labute approximate surface area is 196 Å². The first kappa shape index (κ1) is 22.8. The van der Waals surface area contributed by atoms with Crippen molar-refractivity contribution in [3.63, 3.8) is 0 Å². The van der Waals surface area contributed by atoms with Gasteiger partial charge in [0.1, 0.15) is 5.75 Å². The lowest BCUT2D eigenvalue weighted by molar-refractivity contribution is 0.102. The lowest BCUT2D eigenvalue weighted by Gasteiger charge is -2.09. The van der Waals surface area contributed by atoms with E-state index < -0.39 is 10.0 Å². The average molecular weight is 482 g/mol. The number of fused-ring (bicyclic) bond motifs is 1. The topological polar surface area (TPSA) is 97.4 Å². The van der Waals surface area contributed by atoms with Gasteiger partial charge in [0, 0.05) is 22.2 Å². The van der Waals surface area contributed by atoms with Crippen molar-refractivity contribution in [3.8, 4) is 17.0 Å². The largest absolute Gasteiger partial charge is 0.497 e. The number of carbonyl (C=O) groups is 1. The van der Waals surface area contributed by atoms with E-state index in [1.165, 1.54) is 11.3 Å². The van der Waals surface area contributed by atoms with Gasteiger partial charge in [-0.15, -0.1) is 11.3 Å². The molecular formula is C24H23N3O4S2. The molecular weight excluding hydrogens is 458 g/mol. The Morgan fingerprint density at radius 3 is 2.48 bits per heavy atom. The van der Waals surface area contributed by atoms with Gasteiger partial charge in [-0.2, -0.15) is 0 Å². The Morgan fingerprint density at radius 1 is 1.03 bits per heavy atom. The molecule has 9 heteroatoms. The minimum atomic E-state index is -3.36. The molecule has 0 aliphatic carbocycles. The molecule has 7 nitrogen and oxygen atoms in total. The second-order valence-corrected chi connectivity index (χ2v) is 10.1. The van der Waals surface area contributed by atoms with Crippen molar-refractivity contribution in [2.75, 3.05) is 22.9 Å². The quantitative estimate of drug-likeness (QED) is 0.352. The van der Waals surface area contributed by atoms with E-state index in [0.29, 0.717) is 22.8 Å². The van der Waals surface area contributed by atoms with Crippen molar-refractivity contribution < 1.29 is 17.9 Å². The number of thiazole rings is 1. The van der Waals surface area contributed by atoms with Crippen LogP contribution < -0.4 is 14.8 Å². The zero-order chi connectivity index (χ0) is 23.4. The number of amides is 1. The molecule has 0 saturated carbocycles. The highest BCUT2D eigenvalue weighted by Gasteiger charge is 2.12. The number of methoxy groups -OCH3 is 1. The van der Waals surface area contributed by atoms with Gasteiger partial charge in [0.05, 0.1) is 18.6 Å². The Bertz CT molecular complexity index is 1400. The molecule has 0 atom stereocenters. The van der Waals surface area contributed by atoms with E-state index in [9.17, 15) is 13.2 Å². The van der Waals surface area contributed by atoms with Gasteiger partial charge in [-0.1, -0.05) is 19.1 Å². The molecule has 4 aromatic rings. The van der Waals surface area contributed by atoms with E-state index in [4.69, 9.17) is 4.74 Å². The normalized spacial score (nSPS) is 11.3. The molecule has 2 N–H and O–H groups in total. The van der Waals surface area contributed by atoms with E-state index in [1.807, 2.05) is 36.6 Å². The van der Waals surface area contributed by atoms with Crippen LogP contribution >= 0.6 is 11.3 Å². The fraction of sp³-hybridized carbons (Fsp3) is 0.167. The highest BCUT2D eigenvalue weighted by atomic mass is 32.2. The molecule has 0 fully saturated rings. The van der Waals surface area contributed by atoms with Crippen molar-refractivity contribution in [1.29, 1.82) is 0 Å². The van der Waals surface area contributed by atoms with Crippen molar-refractivity contribution in [2.45, 2.75) is 13.3 Å². The first-order chi connectivity index (χ1) is 15.9. The van der Waals surface area contributed by atoms with Gasteiger partial charge >= 0.3 is 0 Å². The molecule has 3 aromatic carbocycles. The van der Waals surface area contributed by atoms with Crippen LogP contribution in [-0.2, 0) is 10.0 Å². The lowest BCUT2D eigenvalue weighted by atomic mass is 10.1. The van der Waals surface area contributed by atoms with Crippen LogP contribution in [0.5, 0.6) is 5.75 Å². The summed E-state index contributed by atoms with van der Waals surface area (Å²) in [6.07, 6.45) is 0.544. The van der Waals surface area contributed by atoms with Crippen LogP contribution in [0, 0.1) is 0 Å². The summed E-state index contributed by atoms with van der Waals surface area (Å²) in [5, 5.41) is 6.90. The fourth-order valence-corrected chi connectivity index (χ4v) is 5.18. The summed E-state index contributed by atoms with van der Waals surface area (Å²) >= 11 is 1.35. The zero-order valence-electron chi connectivity index (χ0n) is 18.2. The number of benzene rings is 3. The summed E-state index contributed by atoms with van der Waals surface area (Å²) in [4.78, 5) is 17.3. The maximum Gasteiger partial charge on any atom is 0.257 e. The second kappa shape index (κ2) is 9.60. The van der Waals surface area contributed by atoms with Crippen LogP contribution in [0.1, 0.15) is 23.7 Å².